The van der Waals surface area contributed by atoms with Gasteiger partial charge in [-0.15, -0.1) is 0 Å². The molecule has 0 aromatic heterocycles. The first-order valence-corrected chi connectivity index (χ1v) is 7.69. The van der Waals surface area contributed by atoms with E-state index >= 15 is 0 Å². The second kappa shape index (κ2) is 7.73. The van der Waals surface area contributed by atoms with Gasteiger partial charge in [0.25, 0.3) is 0 Å². The number of anilines is 1. The Hall–Kier alpha value is -2.69. The van der Waals surface area contributed by atoms with E-state index in [0.29, 0.717) is 5.69 Å². The topological polar surface area (TPSA) is 69.2 Å². The Bertz CT molecular complexity index is 710. The van der Waals surface area contributed by atoms with E-state index in [1.54, 1.807) is 6.92 Å². The fraction of sp³-hybridized carbons (Fsp3) is 0.263. The maximum absolute atomic E-state index is 12.9. The molecule has 0 fully saturated rings. The van der Waals surface area contributed by atoms with Crippen LogP contribution in [-0.4, -0.2) is 11.9 Å². The lowest BCUT2D eigenvalue weighted by Crippen LogP contribution is -2.40. The van der Waals surface area contributed by atoms with Crippen molar-refractivity contribution in [3.8, 4) is 0 Å². The molecule has 0 bridgehead atoms. The minimum absolute atomic E-state index is 0.209. The lowest BCUT2D eigenvalue weighted by atomic mass is 9.87. The van der Waals surface area contributed by atoms with E-state index in [0.717, 1.165) is 11.1 Å². The fourth-order valence-electron chi connectivity index (χ4n) is 2.41. The largest absolute Gasteiger partial charge is 0.550 e. The summed E-state index contributed by atoms with van der Waals surface area (Å²) in [6.45, 7) is 3.49. The second-order valence-corrected chi connectivity index (χ2v) is 5.90. The number of amides is 1. The van der Waals surface area contributed by atoms with Crippen LogP contribution >= 0.6 is 0 Å². The van der Waals surface area contributed by atoms with E-state index < -0.39 is 29.5 Å². The van der Waals surface area contributed by atoms with Gasteiger partial charge in [-0.25, -0.2) is 4.39 Å². The lowest BCUT2D eigenvalue weighted by Gasteiger charge is -2.24. The van der Waals surface area contributed by atoms with Crippen LogP contribution in [-0.2, 0) is 16.0 Å². The summed E-state index contributed by atoms with van der Waals surface area (Å²) >= 11 is 0. The van der Waals surface area contributed by atoms with Crippen LogP contribution in [0.2, 0.25) is 0 Å². The molecule has 126 valence electrons. The first-order chi connectivity index (χ1) is 11.4. The number of carboxylic acid groups (broad SMARTS) is 1. The first kappa shape index (κ1) is 17.7. The van der Waals surface area contributed by atoms with Gasteiger partial charge in [-0.1, -0.05) is 36.8 Å². The van der Waals surface area contributed by atoms with Gasteiger partial charge >= 0.3 is 0 Å². The normalized spacial score (nSPS) is 13.1. The fourth-order valence-corrected chi connectivity index (χ4v) is 2.41. The Morgan fingerprint density at radius 3 is 2.21 bits per heavy atom. The highest BCUT2D eigenvalue weighted by Crippen LogP contribution is 2.20. The molecule has 0 radical (unpaired) electrons. The number of hydrogen-bond donors (Lipinski definition) is 1. The highest BCUT2D eigenvalue weighted by Gasteiger charge is 2.25. The number of benzene rings is 2. The third-order valence-electron chi connectivity index (χ3n) is 4.01. The highest BCUT2D eigenvalue weighted by molar-refractivity contribution is 5.94. The number of carbonyl (C=O) groups excluding carboxylic acids is 2. The van der Waals surface area contributed by atoms with Crippen molar-refractivity contribution in [1.29, 1.82) is 0 Å². The Morgan fingerprint density at radius 1 is 1.08 bits per heavy atom. The summed E-state index contributed by atoms with van der Waals surface area (Å²) in [5.74, 6) is -3.86. The van der Waals surface area contributed by atoms with Crippen LogP contribution in [0.25, 0.3) is 0 Å². The van der Waals surface area contributed by atoms with Crippen LogP contribution in [0.5, 0.6) is 0 Å². The number of rotatable bonds is 6. The molecule has 1 amide bonds. The number of carbonyl (C=O) groups is 2. The molecule has 2 aromatic rings. The Kier molecular flexibility index (Phi) is 5.68. The van der Waals surface area contributed by atoms with Gasteiger partial charge in [0, 0.05) is 23.5 Å². The zero-order valence-electron chi connectivity index (χ0n) is 13.6. The average molecular weight is 328 g/mol. The maximum atomic E-state index is 12.9. The highest BCUT2D eigenvalue weighted by atomic mass is 19.1. The van der Waals surface area contributed by atoms with Crippen LogP contribution in [0, 0.1) is 24.6 Å². The molecule has 1 N–H and O–H groups in total. The number of hydrogen-bond acceptors (Lipinski definition) is 3. The predicted octanol–water partition coefficient (Wildman–Crippen LogP) is 2.32. The standard InChI is InChI=1S/C19H20FNO3/c1-12-3-5-14(6-4-12)11-17(19(23)24)13(2)18(22)21-16-9-7-15(20)8-10-16/h3-10,13,17H,11H2,1-2H3,(H,21,22)(H,23,24)/p-1/t13-,17+/m1/s1. The third kappa shape index (κ3) is 4.65. The minimum Gasteiger partial charge on any atom is -0.550 e. The van der Waals surface area contributed by atoms with Gasteiger partial charge in [-0.2, -0.15) is 0 Å². The van der Waals surface area contributed by atoms with Crippen molar-refractivity contribution in [2.75, 3.05) is 5.32 Å². The van der Waals surface area contributed by atoms with Gasteiger partial charge in [-0.05, 0) is 43.2 Å². The van der Waals surface area contributed by atoms with Gasteiger partial charge in [0.15, 0.2) is 0 Å². The van der Waals surface area contributed by atoms with E-state index in [1.165, 1.54) is 24.3 Å². The summed E-state index contributed by atoms with van der Waals surface area (Å²) in [7, 11) is 0. The van der Waals surface area contributed by atoms with Crippen molar-refractivity contribution >= 4 is 17.6 Å². The summed E-state index contributed by atoms with van der Waals surface area (Å²) in [6.07, 6.45) is 0.209. The van der Waals surface area contributed by atoms with Crippen molar-refractivity contribution in [3.05, 3.63) is 65.5 Å². The number of nitrogens with one attached hydrogen (secondary N) is 1. The van der Waals surface area contributed by atoms with E-state index in [1.807, 2.05) is 31.2 Å². The summed E-state index contributed by atoms with van der Waals surface area (Å²) < 4.78 is 12.9. The molecule has 24 heavy (non-hydrogen) atoms. The SMILES string of the molecule is Cc1ccc(C[C@H](C(=O)[O-])[C@@H](C)C(=O)Nc2ccc(F)cc2)cc1. The van der Waals surface area contributed by atoms with Crippen LogP contribution in [0.4, 0.5) is 10.1 Å². The number of halogens is 1. The van der Waals surface area contributed by atoms with Gasteiger partial charge in [0.05, 0.1) is 0 Å². The maximum Gasteiger partial charge on any atom is 0.227 e. The summed E-state index contributed by atoms with van der Waals surface area (Å²) in [5, 5.41) is 14.1. The van der Waals surface area contributed by atoms with Crippen LogP contribution in [0.15, 0.2) is 48.5 Å². The van der Waals surface area contributed by atoms with Gasteiger partial charge in [-0.3, -0.25) is 4.79 Å². The number of aryl methyl sites for hydroxylation is 1. The molecule has 0 saturated carbocycles. The Labute approximate surface area is 140 Å². The van der Waals surface area contributed by atoms with Crippen LogP contribution in [0.1, 0.15) is 18.1 Å². The van der Waals surface area contributed by atoms with Crippen molar-refractivity contribution in [2.24, 2.45) is 11.8 Å². The Morgan fingerprint density at radius 2 is 1.67 bits per heavy atom. The molecule has 0 saturated heterocycles. The zero-order valence-corrected chi connectivity index (χ0v) is 13.6. The van der Waals surface area contributed by atoms with Crippen molar-refractivity contribution in [3.63, 3.8) is 0 Å². The molecular weight excluding hydrogens is 309 g/mol. The van der Waals surface area contributed by atoms with Gasteiger partial charge < -0.3 is 15.2 Å². The quantitative estimate of drug-likeness (QED) is 0.885. The smallest absolute Gasteiger partial charge is 0.227 e. The minimum atomic E-state index is -1.27. The average Bonchev–Trinajstić information content (AvgIpc) is 2.55. The molecular formula is C19H19FNO3-. The zero-order chi connectivity index (χ0) is 17.7. The first-order valence-electron chi connectivity index (χ1n) is 7.69. The molecule has 2 atom stereocenters. The lowest BCUT2D eigenvalue weighted by molar-refractivity contribution is -0.312. The van der Waals surface area contributed by atoms with Crippen LogP contribution < -0.4 is 10.4 Å². The molecule has 0 heterocycles. The molecule has 0 spiro atoms. The molecule has 5 heteroatoms. The predicted molar refractivity (Wildman–Crippen MR) is 87.6 cm³/mol. The van der Waals surface area contributed by atoms with E-state index in [2.05, 4.69) is 5.32 Å². The van der Waals surface area contributed by atoms with Crippen molar-refractivity contribution < 1.29 is 19.1 Å². The van der Waals surface area contributed by atoms with Gasteiger partial charge in [0.1, 0.15) is 5.82 Å². The second-order valence-electron chi connectivity index (χ2n) is 5.90. The molecule has 2 rings (SSSR count). The number of carboxylic acids is 1. The Balaban J connectivity index is 2.08. The van der Waals surface area contributed by atoms with Crippen molar-refractivity contribution in [1.82, 2.24) is 0 Å². The molecule has 2 aromatic carbocycles. The van der Waals surface area contributed by atoms with E-state index in [9.17, 15) is 19.1 Å². The van der Waals surface area contributed by atoms with Crippen LogP contribution in [0.3, 0.4) is 0 Å². The molecule has 0 aliphatic heterocycles. The number of aliphatic carboxylic acids is 1. The summed E-state index contributed by atoms with van der Waals surface area (Å²) in [4.78, 5) is 23.8. The van der Waals surface area contributed by atoms with Gasteiger partial charge in [0.2, 0.25) is 5.91 Å². The molecule has 4 nitrogen and oxygen atoms in total. The molecule has 0 aliphatic rings. The van der Waals surface area contributed by atoms with E-state index in [4.69, 9.17) is 0 Å². The third-order valence-corrected chi connectivity index (χ3v) is 4.01. The summed E-state index contributed by atoms with van der Waals surface area (Å²) in [6, 6.07) is 12.8. The molecule has 0 unspecified atom stereocenters. The molecule has 0 aliphatic carbocycles. The van der Waals surface area contributed by atoms with E-state index in [-0.39, 0.29) is 6.42 Å². The monoisotopic (exact) mass is 328 g/mol. The summed E-state index contributed by atoms with van der Waals surface area (Å²) in [5.41, 5.74) is 2.32. The van der Waals surface area contributed by atoms with Crippen molar-refractivity contribution in [2.45, 2.75) is 20.3 Å².